The number of aryl methyl sites for hydroxylation is 1. The third-order valence-electron chi connectivity index (χ3n) is 4.98. The number of hydrogen-bond donors (Lipinski definition) is 2. The average Bonchev–Trinajstić information content (AvgIpc) is 3.12. The molecule has 1 aliphatic rings. The van der Waals surface area contributed by atoms with Crippen molar-refractivity contribution in [3.05, 3.63) is 76.5 Å². The molecule has 1 unspecified atom stereocenters. The van der Waals surface area contributed by atoms with E-state index in [1.165, 1.54) is 32.7 Å². The highest BCUT2D eigenvalue weighted by atomic mass is 32.1. The predicted octanol–water partition coefficient (Wildman–Crippen LogP) is 6.45. The summed E-state index contributed by atoms with van der Waals surface area (Å²) in [5, 5.41) is 5.64. The molecule has 1 aliphatic heterocycles. The number of anilines is 1. The maximum atomic E-state index is 6.02. The summed E-state index contributed by atoms with van der Waals surface area (Å²) in [5.41, 5.74) is 16.5. The SMILES string of the molecule is C=Cc1cc(C)c(-c2ccc(C(C)N)cc2)c2c1NC(=C)c1sccc1-2. The molecule has 1 aromatic heterocycles. The Bertz CT molecular complexity index is 1020. The molecular weight excluding hydrogens is 336 g/mol. The number of rotatable bonds is 3. The number of nitrogens with one attached hydrogen (secondary N) is 1. The molecule has 2 aromatic carbocycles. The van der Waals surface area contributed by atoms with Crippen LogP contribution in [0, 0.1) is 6.92 Å². The Hall–Kier alpha value is -2.62. The number of hydrogen-bond acceptors (Lipinski definition) is 3. The van der Waals surface area contributed by atoms with Crippen LogP contribution in [0.2, 0.25) is 0 Å². The van der Waals surface area contributed by atoms with Crippen LogP contribution in [0.25, 0.3) is 34.0 Å². The van der Waals surface area contributed by atoms with Crippen molar-refractivity contribution in [1.29, 1.82) is 0 Å². The summed E-state index contributed by atoms with van der Waals surface area (Å²) in [6.45, 7) is 12.4. The zero-order chi connectivity index (χ0) is 18.4. The minimum absolute atomic E-state index is 0.0377. The van der Waals surface area contributed by atoms with Crippen LogP contribution in [0.1, 0.15) is 34.5 Å². The summed E-state index contributed by atoms with van der Waals surface area (Å²) in [4.78, 5) is 1.20. The predicted molar refractivity (Wildman–Crippen MR) is 115 cm³/mol. The van der Waals surface area contributed by atoms with E-state index < -0.39 is 0 Å². The van der Waals surface area contributed by atoms with Crippen LogP contribution in [0.4, 0.5) is 5.69 Å². The van der Waals surface area contributed by atoms with Crippen molar-refractivity contribution in [3.8, 4) is 22.3 Å². The Morgan fingerprint density at radius 3 is 2.54 bits per heavy atom. The van der Waals surface area contributed by atoms with E-state index in [9.17, 15) is 0 Å². The molecule has 1 atom stereocenters. The molecule has 26 heavy (non-hydrogen) atoms. The molecule has 0 saturated heterocycles. The first-order valence-electron chi connectivity index (χ1n) is 8.71. The van der Waals surface area contributed by atoms with E-state index in [-0.39, 0.29) is 6.04 Å². The summed E-state index contributed by atoms with van der Waals surface area (Å²) in [5.74, 6) is 0. The van der Waals surface area contributed by atoms with E-state index in [0.717, 1.165) is 22.5 Å². The fraction of sp³-hybridized carbons (Fsp3) is 0.130. The van der Waals surface area contributed by atoms with Crippen LogP contribution in [0.15, 0.2) is 54.9 Å². The quantitative estimate of drug-likeness (QED) is 0.564. The first kappa shape index (κ1) is 16.8. The first-order valence-corrected chi connectivity index (χ1v) is 9.59. The molecule has 0 aliphatic carbocycles. The van der Waals surface area contributed by atoms with Crippen LogP contribution in [-0.2, 0) is 0 Å². The molecule has 0 saturated carbocycles. The average molecular weight is 359 g/mol. The van der Waals surface area contributed by atoms with E-state index in [1.807, 2.05) is 13.0 Å². The van der Waals surface area contributed by atoms with Crippen molar-refractivity contribution in [2.75, 3.05) is 5.32 Å². The Labute approximate surface area is 158 Å². The van der Waals surface area contributed by atoms with Gasteiger partial charge in [0.25, 0.3) is 0 Å². The lowest BCUT2D eigenvalue weighted by Crippen LogP contribution is -2.08. The topological polar surface area (TPSA) is 38.0 Å². The van der Waals surface area contributed by atoms with Gasteiger partial charge in [-0.25, -0.2) is 0 Å². The van der Waals surface area contributed by atoms with Crippen molar-refractivity contribution in [2.45, 2.75) is 19.9 Å². The van der Waals surface area contributed by atoms with Gasteiger partial charge in [-0.2, -0.15) is 0 Å². The normalized spacial score (nSPS) is 13.6. The molecule has 0 bridgehead atoms. The zero-order valence-corrected chi connectivity index (χ0v) is 15.9. The van der Waals surface area contributed by atoms with Crippen LogP contribution in [0.3, 0.4) is 0 Å². The van der Waals surface area contributed by atoms with Crippen molar-refractivity contribution in [3.63, 3.8) is 0 Å². The molecule has 0 amide bonds. The molecule has 0 fully saturated rings. The largest absolute Gasteiger partial charge is 0.354 e. The lowest BCUT2D eigenvalue weighted by atomic mass is 9.85. The van der Waals surface area contributed by atoms with Crippen molar-refractivity contribution in [2.24, 2.45) is 5.73 Å². The summed E-state index contributed by atoms with van der Waals surface area (Å²) in [6, 6.07) is 13.0. The van der Waals surface area contributed by atoms with Crippen molar-refractivity contribution >= 4 is 28.8 Å². The van der Waals surface area contributed by atoms with Gasteiger partial charge >= 0.3 is 0 Å². The monoisotopic (exact) mass is 358 g/mol. The molecule has 0 radical (unpaired) electrons. The first-order chi connectivity index (χ1) is 12.5. The molecule has 0 spiro atoms. The minimum Gasteiger partial charge on any atom is -0.354 e. The lowest BCUT2D eigenvalue weighted by molar-refractivity contribution is 0.818. The van der Waals surface area contributed by atoms with E-state index in [2.05, 4.69) is 67.2 Å². The van der Waals surface area contributed by atoms with Gasteiger partial charge in [-0.05, 0) is 59.2 Å². The number of fused-ring (bicyclic) bond motifs is 3. The third-order valence-corrected chi connectivity index (χ3v) is 5.96. The molecular formula is C23H22N2S. The second kappa shape index (κ2) is 6.27. The number of thiophene rings is 1. The summed E-state index contributed by atoms with van der Waals surface area (Å²) in [6.07, 6.45) is 1.91. The summed E-state index contributed by atoms with van der Waals surface area (Å²) in [7, 11) is 0. The minimum atomic E-state index is 0.0377. The third kappa shape index (κ3) is 2.52. The Balaban J connectivity index is 2.02. The van der Waals surface area contributed by atoms with Crippen LogP contribution >= 0.6 is 11.3 Å². The molecule has 130 valence electrons. The van der Waals surface area contributed by atoms with Crippen molar-refractivity contribution in [1.82, 2.24) is 0 Å². The molecule has 3 heteroatoms. The zero-order valence-electron chi connectivity index (χ0n) is 15.1. The number of nitrogens with two attached hydrogens (primary N) is 1. The second-order valence-corrected chi connectivity index (χ2v) is 7.71. The smallest absolute Gasteiger partial charge is 0.0578 e. The molecule has 3 N–H and O–H groups in total. The van der Waals surface area contributed by atoms with Gasteiger partial charge in [0.1, 0.15) is 0 Å². The van der Waals surface area contributed by atoms with Crippen molar-refractivity contribution < 1.29 is 0 Å². The highest BCUT2D eigenvalue weighted by molar-refractivity contribution is 7.11. The Morgan fingerprint density at radius 2 is 1.88 bits per heavy atom. The molecule has 2 heterocycles. The van der Waals surface area contributed by atoms with Gasteiger partial charge in [-0.15, -0.1) is 11.3 Å². The van der Waals surface area contributed by atoms with E-state index in [1.54, 1.807) is 11.3 Å². The Kier molecular flexibility index (Phi) is 4.06. The highest BCUT2D eigenvalue weighted by Gasteiger charge is 2.26. The van der Waals surface area contributed by atoms with Crippen LogP contribution in [0.5, 0.6) is 0 Å². The molecule has 4 rings (SSSR count). The van der Waals surface area contributed by atoms with Gasteiger partial charge in [0.2, 0.25) is 0 Å². The second-order valence-electron chi connectivity index (χ2n) is 6.79. The van der Waals surface area contributed by atoms with Gasteiger partial charge in [-0.3, -0.25) is 0 Å². The fourth-order valence-electron chi connectivity index (χ4n) is 3.68. The van der Waals surface area contributed by atoms with Gasteiger partial charge < -0.3 is 11.1 Å². The van der Waals surface area contributed by atoms with Crippen LogP contribution in [-0.4, -0.2) is 0 Å². The highest BCUT2D eigenvalue weighted by Crippen LogP contribution is 2.50. The Morgan fingerprint density at radius 1 is 1.15 bits per heavy atom. The number of benzene rings is 2. The van der Waals surface area contributed by atoms with Gasteiger partial charge in [0, 0.05) is 22.9 Å². The van der Waals surface area contributed by atoms with E-state index in [0.29, 0.717) is 0 Å². The molecule has 2 nitrogen and oxygen atoms in total. The fourth-order valence-corrected chi connectivity index (χ4v) is 4.51. The standard InChI is InChI=1S/C23H22N2S/c1-5-16-12-13(2)20(18-8-6-17(7-9-18)14(3)24)21-19-10-11-26-23(19)15(4)25-22(16)21/h5-12,14,25H,1,4,24H2,2-3H3. The summed E-state index contributed by atoms with van der Waals surface area (Å²) < 4.78 is 0. The van der Waals surface area contributed by atoms with Gasteiger partial charge in [-0.1, -0.05) is 43.5 Å². The maximum Gasteiger partial charge on any atom is 0.0578 e. The van der Waals surface area contributed by atoms with E-state index >= 15 is 0 Å². The van der Waals surface area contributed by atoms with E-state index in [4.69, 9.17) is 5.73 Å². The lowest BCUT2D eigenvalue weighted by Gasteiger charge is -2.27. The summed E-state index contributed by atoms with van der Waals surface area (Å²) >= 11 is 1.72. The van der Waals surface area contributed by atoms with Gasteiger partial charge in [0.05, 0.1) is 10.6 Å². The van der Waals surface area contributed by atoms with Gasteiger partial charge in [0.15, 0.2) is 0 Å². The van der Waals surface area contributed by atoms with Crippen LogP contribution < -0.4 is 11.1 Å². The maximum absolute atomic E-state index is 6.02. The molecule has 3 aromatic rings.